The van der Waals surface area contributed by atoms with Crippen molar-refractivity contribution in [1.29, 1.82) is 0 Å². The number of nitrogens with two attached hydrogens (primary N) is 1. The van der Waals surface area contributed by atoms with Gasteiger partial charge >= 0.3 is 52.9 Å². The summed E-state index contributed by atoms with van der Waals surface area (Å²) >= 11 is 17.8. The number of alkyl halides is 6. The Labute approximate surface area is 554 Å². The van der Waals surface area contributed by atoms with Crippen LogP contribution in [0.25, 0.3) is 0 Å². The van der Waals surface area contributed by atoms with Crippen molar-refractivity contribution < 1.29 is 92.8 Å². The molecule has 3 aromatic heterocycles. The SMILES string of the molecule is C.CC(C)C(=O)OC(=O)C(C)C.CC(C)C(=O)OC[C@@]1(CCl)O[C@@H](n2ccc(N)nc2=O)[C@H](F)[C@@H]1OC(=O)C(C)C.[3H]CCNc1ccn([C@@H]2O[C@@](CO)(CCl)[C@@H](O)[C@H]2F)c(=O)n1.[3H]CCNc1ccn([C@@H]2O[C@](CCl)(COC(=O)C(C)C)[C@@H](OC(=O)C(C)C)[C@H]2F)c(=O)n1. The maximum atomic E-state index is 15.6. The van der Waals surface area contributed by atoms with Gasteiger partial charge in [-0.25, -0.2) is 27.6 Å². The lowest BCUT2D eigenvalue weighted by atomic mass is 9.98. The molecule has 3 aliphatic rings. The van der Waals surface area contributed by atoms with E-state index in [-0.39, 0.29) is 74.7 Å². The molecule has 0 amide bonds. The molecule has 6 N–H and O–H groups in total. The van der Waals surface area contributed by atoms with Gasteiger partial charge in [0.05, 0.1) is 59.8 Å². The second kappa shape index (κ2) is 37.0. The Bertz CT molecular complexity index is 3170. The number of aliphatic hydroxyl groups excluding tert-OH is 2. The first kappa shape index (κ1) is 79.0. The number of ether oxygens (including phenoxy) is 8. The minimum atomic E-state index is -1.99. The van der Waals surface area contributed by atoms with Crippen molar-refractivity contribution in [3.8, 4) is 0 Å². The van der Waals surface area contributed by atoms with Crippen LogP contribution in [-0.4, -0.2) is 179 Å². The number of halogens is 6. The highest BCUT2D eigenvalue weighted by molar-refractivity contribution is 6.19. The average molecular weight is 1400 g/mol. The van der Waals surface area contributed by atoms with Crippen LogP contribution in [0, 0.1) is 35.5 Å². The van der Waals surface area contributed by atoms with Gasteiger partial charge in [0.2, 0.25) is 0 Å². The van der Waals surface area contributed by atoms with Gasteiger partial charge in [0.15, 0.2) is 60.6 Å². The lowest BCUT2D eigenvalue weighted by molar-refractivity contribution is -0.178. The quantitative estimate of drug-likeness (QED) is 0.0334. The van der Waals surface area contributed by atoms with Crippen LogP contribution in [0.4, 0.5) is 30.6 Å². The average Bonchev–Trinajstić information content (AvgIpc) is 1.63. The topological polar surface area (TPSA) is 371 Å². The summed E-state index contributed by atoms with van der Waals surface area (Å²) < 4.78 is 105. The summed E-state index contributed by atoms with van der Waals surface area (Å²) in [4.78, 5) is 118. The van der Waals surface area contributed by atoms with Crippen LogP contribution in [0.2, 0.25) is 0 Å². The molecule has 28 nitrogen and oxygen atoms in total. The molecule has 34 heteroatoms. The standard InChI is InChI=1S/C20H29ClFN3O6.C18H25ClFN3O6.C12H17ClFN3O4.C8H14O3.CH4/c1-6-23-13-7-8-25(19(28)24-13)16-14(22)15(30-18(27)12(4)5)20(9-21,31-16)10-29-17(26)11(2)3;1-9(2)15(24)27-8-18(7-19)13(28-16(25)10(3)4)12(20)14(29-18)23-6-5-11(21)22-17(23)26;1-2-15-7-3-4-17(11(20)16-7)10-8(14)9(19)12(5-13,6-18)21-10;1-5(2)7(9)11-8(10)6(3)4;/h7-8,11-12,14-16H,6,9-10H2,1-5H3,(H,23,24,28);5-6,9-10,12-14H,7-8H2,1-4H3,(H2,21,22,26);3-4,8-10,18-19H,2,5-6H2,1H3,(H,15,16,20);5-6H,1-4H3;1H4/t14-,15+,16-,20-;12-,13+,14-,18-;8-,9+,10-,12-;;/m111../s1/i1T;;1T;;. The molecule has 3 aliphatic heterocycles. The molecule has 0 aromatic carbocycles. The van der Waals surface area contributed by atoms with Crippen molar-refractivity contribution in [2.75, 3.05) is 66.9 Å². The van der Waals surface area contributed by atoms with Gasteiger partial charge in [0.1, 0.15) is 42.4 Å². The second-order valence-corrected chi connectivity index (χ2v) is 23.9. The summed E-state index contributed by atoms with van der Waals surface area (Å²) in [7, 11) is 0. The van der Waals surface area contributed by atoms with Gasteiger partial charge in [-0.3, -0.25) is 42.5 Å². The highest BCUT2D eigenvalue weighted by Gasteiger charge is 2.61. The van der Waals surface area contributed by atoms with Gasteiger partial charge in [-0.2, -0.15) is 15.0 Å². The maximum Gasteiger partial charge on any atom is 0.351 e. The molecule has 526 valence electrons. The summed E-state index contributed by atoms with van der Waals surface area (Å²) in [6.07, 6.45) is -11.3. The third-order valence-electron chi connectivity index (χ3n) is 13.7. The molecule has 0 spiro atoms. The number of nitrogens with zero attached hydrogens (tertiary/aromatic N) is 6. The summed E-state index contributed by atoms with van der Waals surface area (Å²) in [5.41, 5.74) is -2.03. The summed E-state index contributed by atoms with van der Waals surface area (Å²) in [5, 5.41) is 24.7. The van der Waals surface area contributed by atoms with Gasteiger partial charge in [0, 0.05) is 34.4 Å². The number of hydrogen-bond donors (Lipinski definition) is 5. The molecule has 3 aromatic rings. The first-order chi connectivity index (χ1) is 44.0. The second-order valence-electron chi connectivity index (χ2n) is 23.1. The smallest absolute Gasteiger partial charge is 0.351 e. The summed E-state index contributed by atoms with van der Waals surface area (Å²) in [6.45, 7) is 18.8. The number of rotatable bonds is 23. The molecule has 0 saturated carbocycles. The van der Waals surface area contributed by atoms with Crippen LogP contribution in [0.3, 0.4) is 0 Å². The summed E-state index contributed by atoms with van der Waals surface area (Å²) in [5.74, 6) is -6.49. The maximum absolute atomic E-state index is 15.6. The van der Waals surface area contributed by atoms with Gasteiger partial charge in [-0.05, 0) is 32.0 Å². The lowest BCUT2D eigenvalue weighted by Crippen LogP contribution is -2.51. The van der Waals surface area contributed by atoms with Gasteiger partial charge in [0.25, 0.3) is 0 Å². The summed E-state index contributed by atoms with van der Waals surface area (Å²) in [6, 6.07) is 4.16. The third-order valence-corrected chi connectivity index (χ3v) is 15.0. The number of carbonyl (C=O) groups excluding carboxylic acids is 6. The van der Waals surface area contributed by atoms with Crippen molar-refractivity contribution in [2.45, 2.75) is 177 Å². The minimum Gasteiger partial charge on any atom is -0.462 e. The van der Waals surface area contributed by atoms with E-state index >= 15 is 8.78 Å². The number of aliphatic hydroxyl groups is 2. The number of nitrogen functional groups attached to an aromatic ring is 1. The Balaban J connectivity index is 0.000000452. The van der Waals surface area contributed by atoms with Crippen molar-refractivity contribution in [3.63, 3.8) is 0 Å². The van der Waals surface area contributed by atoms with Gasteiger partial charge in [-0.15, -0.1) is 34.8 Å². The molecule has 0 aliphatic carbocycles. The fourth-order valence-electron chi connectivity index (χ4n) is 8.09. The van der Waals surface area contributed by atoms with E-state index in [4.69, 9.17) is 76.4 Å². The fourth-order valence-corrected chi connectivity index (χ4v) is 8.98. The highest BCUT2D eigenvalue weighted by Crippen LogP contribution is 2.44. The van der Waals surface area contributed by atoms with Crippen molar-refractivity contribution in [3.05, 3.63) is 68.2 Å². The monoisotopic (exact) mass is 1390 g/mol. The zero-order valence-electron chi connectivity index (χ0n) is 55.1. The highest BCUT2D eigenvalue weighted by atomic mass is 35.5. The van der Waals surface area contributed by atoms with Crippen LogP contribution < -0.4 is 33.4 Å². The Hall–Kier alpha value is -6.48. The molecule has 3 fully saturated rings. The van der Waals surface area contributed by atoms with E-state index in [0.29, 0.717) is 6.54 Å². The molecule has 6 rings (SSSR count). The van der Waals surface area contributed by atoms with Crippen molar-refractivity contribution in [1.82, 2.24) is 28.7 Å². The predicted molar refractivity (Wildman–Crippen MR) is 335 cm³/mol. The number of anilines is 3. The minimum absolute atomic E-state index is 0. The van der Waals surface area contributed by atoms with Crippen LogP contribution in [-0.2, 0) is 66.7 Å². The number of hydrogen-bond acceptors (Lipinski definition) is 25. The molecule has 0 bridgehead atoms. The van der Waals surface area contributed by atoms with Crippen molar-refractivity contribution in [2.24, 2.45) is 35.5 Å². The zero-order chi connectivity index (χ0) is 71.3. The van der Waals surface area contributed by atoms with Gasteiger partial charge < -0.3 is 64.5 Å². The van der Waals surface area contributed by atoms with E-state index in [1.54, 1.807) is 83.1 Å². The van der Waals surface area contributed by atoms with E-state index in [9.17, 15) is 57.8 Å². The first-order valence-corrected chi connectivity index (χ1v) is 30.6. The Morgan fingerprint density at radius 2 is 0.892 bits per heavy atom. The predicted octanol–water partition coefficient (Wildman–Crippen LogP) is 5.60. The number of nitrogens with one attached hydrogen (secondary N) is 2. The number of carbonyl (C=O) groups is 6. The van der Waals surface area contributed by atoms with E-state index in [1.165, 1.54) is 36.8 Å². The van der Waals surface area contributed by atoms with Crippen LogP contribution in [0.5, 0.6) is 0 Å². The van der Waals surface area contributed by atoms with Crippen LogP contribution in [0.15, 0.2) is 51.2 Å². The molecule has 93 heavy (non-hydrogen) atoms. The van der Waals surface area contributed by atoms with Crippen LogP contribution >= 0.6 is 34.8 Å². The Morgan fingerprint density at radius 1 is 0.570 bits per heavy atom. The molecule has 6 heterocycles. The first-order valence-electron chi connectivity index (χ1n) is 30.4. The molecular formula is C59H89Cl3F3N9O19. The van der Waals surface area contributed by atoms with E-state index in [2.05, 4.69) is 30.3 Å². The number of esters is 6. The molecule has 12 atom stereocenters. The molecular weight excluding hydrogens is 1300 g/mol. The lowest BCUT2D eigenvalue weighted by Gasteiger charge is -2.32. The largest absolute Gasteiger partial charge is 0.462 e. The van der Waals surface area contributed by atoms with E-state index < -0.39 is 169 Å². The van der Waals surface area contributed by atoms with E-state index in [1.807, 2.05) is 0 Å². The van der Waals surface area contributed by atoms with Crippen LogP contribution in [0.1, 0.15) is 126 Å². The molecule has 0 unspecified atom stereocenters. The van der Waals surface area contributed by atoms with Crippen molar-refractivity contribution >= 4 is 88.1 Å². The molecule has 3 saturated heterocycles. The zero-order valence-corrected chi connectivity index (χ0v) is 55.3. The molecule has 0 radical (unpaired) electrons. The van der Waals surface area contributed by atoms with Gasteiger partial charge in [-0.1, -0.05) is 90.5 Å². The Morgan fingerprint density at radius 3 is 1.18 bits per heavy atom. The van der Waals surface area contributed by atoms with E-state index in [0.717, 1.165) is 13.7 Å². The third kappa shape index (κ3) is 21.3. The number of aromatic nitrogens is 6. The fraction of sp³-hybridized carbons (Fsp3) is 0.695. The Kier molecular flexibility index (Phi) is 31.4. The normalized spacial score (nSPS) is 25.7.